The zero-order chi connectivity index (χ0) is 14.7. The summed E-state index contributed by atoms with van der Waals surface area (Å²) in [7, 11) is 1.75. The summed E-state index contributed by atoms with van der Waals surface area (Å²) in [5, 5.41) is 16.1. The molecule has 0 bridgehead atoms. The van der Waals surface area contributed by atoms with Crippen LogP contribution in [0.1, 0.15) is 27.2 Å². The normalized spacial score (nSPS) is 14.6. The molecule has 0 fully saturated rings. The molecule has 0 amide bonds. The van der Waals surface area contributed by atoms with Gasteiger partial charge in [-0.2, -0.15) is 5.10 Å². The Labute approximate surface area is 118 Å². The average molecular weight is 278 g/mol. The van der Waals surface area contributed by atoms with Crippen LogP contribution >= 0.6 is 0 Å². The van der Waals surface area contributed by atoms with E-state index in [1.165, 1.54) is 4.68 Å². The molecule has 7 heteroatoms. The maximum atomic E-state index is 12.4. The molecule has 2 rings (SSSR count). The standard InChI is InChI=1S/C13H22N6O/c1-5-9(3)11(14-6-2)8-19-13(20)10-7-15-18(4)12(10)16-17-19/h7,9,11,14H,5-6,8H2,1-4H3. The summed E-state index contributed by atoms with van der Waals surface area (Å²) < 4.78 is 2.99. The minimum Gasteiger partial charge on any atom is -0.312 e. The van der Waals surface area contributed by atoms with Gasteiger partial charge in [-0.1, -0.05) is 32.4 Å². The number of fused-ring (bicyclic) bond motifs is 1. The van der Waals surface area contributed by atoms with Crippen molar-refractivity contribution < 1.29 is 0 Å². The zero-order valence-corrected chi connectivity index (χ0v) is 12.5. The molecule has 0 radical (unpaired) electrons. The van der Waals surface area contributed by atoms with Crippen molar-refractivity contribution in [2.75, 3.05) is 6.54 Å². The first-order chi connectivity index (χ1) is 9.58. The number of hydrogen-bond donors (Lipinski definition) is 1. The van der Waals surface area contributed by atoms with Crippen molar-refractivity contribution in [1.29, 1.82) is 0 Å². The van der Waals surface area contributed by atoms with Gasteiger partial charge in [-0.15, -0.1) is 5.10 Å². The molecule has 0 saturated carbocycles. The van der Waals surface area contributed by atoms with Gasteiger partial charge in [0.15, 0.2) is 5.65 Å². The molecule has 0 aliphatic rings. The second-order valence-corrected chi connectivity index (χ2v) is 5.13. The van der Waals surface area contributed by atoms with E-state index in [1.54, 1.807) is 17.9 Å². The third-order valence-corrected chi connectivity index (χ3v) is 3.79. The Hall–Kier alpha value is -1.76. The quantitative estimate of drug-likeness (QED) is 0.835. The van der Waals surface area contributed by atoms with E-state index in [4.69, 9.17) is 0 Å². The molecule has 7 nitrogen and oxygen atoms in total. The summed E-state index contributed by atoms with van der Waals surface area (Å²) in [5.74, 6) is 0.466. The lowest BCUT2D eigenvalue weighted by molar-refractivity contribution is 0.314. The Kier molecular flexibility index (Phi) is 4.49. The molecule has 110 valence electrons. The first kappa shape index (κ1) is 14.6. The number of nitrogens with zero attached hydrogens (tertiary/aromatic N) is 5. The van der Waals surface area contributed by atoms with Crippen LogP contribution in [-0.2, 0) is 13.6 Å². The molecule has 2 atom stereocenters. The van der Waals surface area contributed by atoms with Crippen molar-refractivity contribution in [3.63, 3.8) is 0 Å². The van der Waals surface area contributed by atoms with Crippen molar-refractivity contribution in [2.24, 2.45) is 13.0 Å². The minimum atomic E-state index is -0.130. The van der Waals surface area contributed by atoms with E-state index >= 15 is 0 Å². The van der Waals surface area contributed by atoms with Crippen LogP contribution < -0.4 is 10.9 Å². The number of likely N-dealkylation sites (N-methyl/N-ethyl adjacent to an activating group) is 1. The molecule has 0 saturated heterocycles. The molecule has 0 aliphatic heterocycles. The summed E-state index contributed by atoms with van der Waals surface area (Å²) in [5.41, 5.74) is 0.393. The van der Waals surface area contributed by atoms with E-state index < -0.39 is 0 Å². The number of hydrogen-bond acceptors (Lipinski definition) is 5. The smallest absolute Gasteiger partial charge is 0.280 e. The lowest BCUT2D eigenvalue weighted by atomic mass is 9.99. The van der Waals surface area contributed by atoms with Crippen LogP contribution in [0.2, 0.25) is 0 Å². The molecule has 2 heterocycles. The molecule has 0 aliphatic carbocycles. The second kappa shape index (κ2) is 6.13. The Morgan fingerprint density at radius 2 is 2.15 bits per heavy atom. The first-order valence-electron chi connectivity index (χ1n) is 7.07. The lowest BCUT2D eigenvalue weighted by Crippen LogP contribution is -2.41. The molecule has 2 aromatic rings. The highest BCUT2D eigenvalue weighted by Crippen LogP contribution is 2.09. The molecule has 2 unspecified atom stereocenters. The van der Waals surface area contributed by atoms with Crippen molar-refractivity contribution in [3.8, 4) is 0 Å². The van der Waals surface area contributed by atoms with Crippen LogP contribution in [0.3, 0.4) is 0 Å². The van der Waals surface area contributed by atoms with Gasteiger partial charge < -0.3 is 5.32 Å². The van der Waals surface area contributed by atoms with E-state index in [0.29, 0.717) is 23.5 Å². The van der Waals surface area contributed by atoms with Crippen molar-refractivity contribution in [2.45, 2.75) is 39.8 Å². The Balaban J connectivity index is 2.32. The van der Waals surface area contributed by atoms with Crippen molar-refractivity contribution >= 4 is 11.0 Å². The van der Waals surface area contributed by atoms with Gasteiger partial charge in [0.25, 0.3) is 5.56 Å². The Bertz CT molecular complexity index is 631. The Morgan fingerprint density at radius 3 is 2.80 bits per heavy atom. The molecule has 0 spiro atoms. The third kappa shape index (κ3) is 2.72. The zero-order valence-electron chi connectivity index (χ0n) is 12.5. The van der Waals surface area contributed by atoms with E-state index in [0.717, 1.165) is 13.0 Å². The van der Waals surface area contributed by atoms with E-state index in [9.17, 15) is 4.79 Å². The molecular weight excluding hydrogens is 256 g/mol. The van der Waals surface area contributed by atoms with Crippen LogP contribution in [0.25, 0.3) is 11.0 Å². The van der Waals surface area contributed by atoms with Gasteiger partial charge in [-0.05, 0) is 12.5 Å². The van der Waals surface area contributed by atoms with Crippen molar-refractivity contribution in [1.82, 2.24) is 30.1 Å². The van der Waals surface area contributed by atoms with E-state index in [1.807, 2.05) is 0 Å². The maximum absolute atomic E-state index is 12.4. The highest BCUT2D eigenvalue weighted by atomic mass is 16.1. The third-order valence-electron chi connectivity index (χ3n) is 3.79. The predicted molar refractivity (Wildman–Crippen MR) is 77.5 cm³/mol. The molecule has 1 N–H and O–H groups in total. The fraction of sp³-hybridized carbons (Fsp3) is 0.692. The fourth-order valence-corrected chi connectivity index (χ4v) is 2.27. The molecule has 0 aromatic carbocycles. The van der Waals surface area contributed by atoms with Gasteiger partial charge in [0.1, 0.15) is 5.39 Å². The van der Waals surface area contributed by atoms with Gasteiger partial charge in [0, 0.05) is 13.1 Å². The van der Waals surface area contributed by atoms with Crippen LogP contribution in [0, 0.1) is 5.92 Å². The monoisotopic (exact) mass is 278 g/mol. The lowest BCUT2D eigenvalue weighted by Gasteiger charge is -2.23. The van der Waals surface area contributed by atoms with Crippen molar-refractivity contribution in [3.05, 3.63) is 16.6 Å². The van der Waals surface area contributed by atoms with Gasteiger partial charge in [-0.25, -0.2) is 9.36 Å². The minimum absolute atomic E-state index is 0.130. The van der Waals surface area contributed by atoms with E-state index in [-0.39, 0.29) is 11.6 Å². The van der Waals surface area contributed by atoms with E-state index in [2.05, 4.69) is 41.5 Å². The van der Waals surface area contributed by atoms with Crippen LogP contribution in [0.5, 0.6) is 0 Å². The number of nitrogens with one attached hydrogen (secondary N) is 1. The largest absolute Gasteiger partial charge is 0.312 e. The number of aromatic nitrogens is 5. The van der Waals surface area contributed by atoms with Gasteiger partial charge in [0.05, 0.1) is 12.7 Å². The summed E-state index contributed by atoms with van der Waals surface area (Å²) in [4.78, 5) is 12.4. The first-order valence-corrected chi connectivity index (χ1v) is 7.07. The van der Waals surface area contributed by atoms with Gasteiger partial charge in [-0.3, -0.25) is 4.79 Å². The predicted octanol–water partition coefficient (Wildman–Crippen LogP) is 0.549. The highest BCUT2D eigenvalue weighted by Gasteiger charge is 2.18. The summed E-state index contributed by atoms with van der Waals surface area (Å²) >= 11 is 0. The van der Waals surface area contributed by atoms with Crippen LogP contribution in [-0.4, -0.2) is 37.4 Å². The number of aryl methyl sites for hydroxylation is 1. The average Bonchev–Trinajstić information content (AvgIpc) is 2.82. The van der Waals surface area contributed by atoms with Gasteiger partial charge >= 0.3 is 0 Å². The molecule has 20 heavy (non-hydrogen) atoms. The van der Waals surface area contributed by atoms with Gasteiger partial charge in [0.2, 0.25) is 0 Å². The topological polar surface area (TPSA) is 77.6 Å². The van der Waals surface area contributed by atoms with Crippen LogP contribution in [0.4, 0.5) is 0 Å². The van der Waals surface area contributed by atoms with Crippen LogP contribution in [0.15, 0.2) is 11.0 Å². The SMILES string of the molecule is CCNC(Cn1nnc2c(cnn2C)c1=O)C(C)CC. The maximum Gasteiger partial charge on any atom is 0.280 e. The highest BCUT2D eigenvalue weighted by molar-refractivity contribution is 5.72. The summed E-state index contributed by atoms with van der Waals surface area (Å²) in [6.45, 7) is 7.78. The fourth-order valence-electron chi connectivity index (χ4n) is 2.27. The summed E-state index contributed by atoms with van der Waals surface area (Å²) in [6.07, 6.45) is 2.60. The summed E-state index contributed by atoms with van der Waals surface area (Å²) in [6, 6.07) is 0.214. The molecular formula is C13H22N6O. The second-order valence-electron chi connectivity index (χ2n) is 5.13. The molecule has 2 aromatic heterocycles. The number of rotatable bonds is 6. The Morgan fingerprint density at radius 1 is 1.40 bits per heavy atom.